The van der Waals surface area contributed by atoms with Gasteiger partial charge in [0, 0.05) is 31.9 Å². The van der Waals surface area contributed by atoms with Gasteiger partial charge in [-0.1, -0.05) is 34.8 Å². The van der Waals surface area contributed by atoms with E-state index in [4.69, 9.17) is 34.8 Å². The second-order valence-corrected chi connectivity index (χ2v) is 7.42. The van der Waals surface area contributed by atoms with Gasteiger partial charge < -0.3 is 15.1 Å². The van der Waals surface area contributed by atoms with E-state index >= 15 is 0 Å². The van der Waals surface area contributed by atoms with Crippen molar-refractivity contribution in [3.8, 4) is 0 Å². The molecule has 2 aromatic carbocycles. The van der Waals surface area contributed by atoms with Crippen molar-refractivity contribution < 1.29 is 18.0 Å². The molecule has 2 aromatic rings. The molecule has 28 heavy (non-hydrogen) atoms. The maximum Gasteiger partial charge on any atom is 0.416 e. The van der Waals surface area contributed by atoms with Crippen LogP contribution in [0.3, 0.4) is 0 Å². The van der Waals surface area contributed by atoms with Crippen LogP contribution in [0.15, 0.2) is 36.4 Å². The molecule has 2 amide bonds. The number of hydrogen-bond acceptors (Lipinski definition) is 2. The molecule has 0 aliphatic carbocycles. The molecule has 4 nitrogen and oxygen atoms in total. The fraction of sp³-hybridized carbons (Fsp3) is 0.278. The number of piperazine rings is 1. The molecule has 1 aliphatic rings. The zero-order valence-electron chi connectivity index (χ0n) is 14.4. The van der Waals surface area contributed by atoms with Crippen molar-refractivity contribution >= 4 is 52.2 Å². The van der Waals surface area contributed by atoms with Gasteiger partial charge in [0.25, 0.3) is 0 Å². The van der Waals surface area contributed by atoms with E-state index in [1.165, 1.54) is 4.90 Å². The van der Waals surface area contributed by atoms with Gasteiger partial charge in [0.1, 0.15) is 0 Å². The highest BCUT2D eigenvalue weighted by atomic mass is 35.5. The molecule has 1 fully saturated rings. The Morgan fingerprint density at radius 3 is 2.14 bits per heavy atom. The average molecular weight is 453 g/mol. The zero-order chi connectivity index (χ0) is 20.5. The lowest BCUT2D eigenvalue weighted by atomic mass is 10.2. The van der Waals surface area contributed by atoms with E-state index in [-0.39, 0.29) is 10.7 Å². The largest absolute Gasteiger partial charge is 0.416 e. The Morgan fingerprint density at radius 1 is 0.893 bits per heavy atom. The summed E-state index contributed by atoms with van der Waals surface area (Å²) in [4.78, 5) is 16.0. The predicted molar refractivity (Wildman–Crippen MR) is 106 cm³/mol. The molecule has 10 heteroatoms. The number of alkyl halides is 3. The molecule has 0 bridgehead atoms. The molecule has 0 atom stereocenters. The minimum Gasteiger partial charge on any atom is -0.368 e. The lowest BCUT2D eigenvalue weighted by Gasteiger charge is -2.36. The summed E-state index contributed by atoms with van der Waals surface area (Å²) in [5.74, 6) is 0. The first kappa shape index (κ1) is 20.9. The van der Waals surface area contributed by atoms with Crippen molar-refractivity contribution in [2.75, 3.05) is 36.4 Å². The van der Waals surface area contributed by atoms with Crippen LogP contribution in [0.1, 0.15) is 5.56 Å². The third-order valence-corrected chi connectivity index (χ3v) is 5.44. The lowest BCUT2D eigenvalue weighted by Crippen LogP contribution is -2.50. The third-order valence-electron chi connectivity index (χ3n) is 4.37. The standard InChI is InChI=1S/C18H15Cl3F3N3O/c19-13-4-2-12(10-15(13)21)26-5-7-27(8-6-26)17(28)25-16-9-11(18(22,23)24)1-3-14(16)20/h1-4,9-10H,5-8H2,(H,25,28). The first-order valence-corrected chi connectivity index (χ1v) is 9.41. The Balaban J connectivity index is 1.63. The Bertz CT molecular complexity index is 884. The van der Waals surface area contributed by atoms with Crippen LogP contribution in [-0.2, 0) is 6.18 Å². The number of benzene rings is 2. The van der Waals surface area contributed by atoms with E-state index < -0.39 is 17.8 Å². The third kappa shape index (κ3) is 4.77. The Morgan fingerprint density at radius 2 is 1.54 bits per heavy atom. The summed E-state index contributed by atoms with van der Waals surface area (Å²) in [7, 11) is 0. The normalized spacial score (nSPS) is 14.9. The van der Waals surface area contributed by atoms with Crippen molar-refractivity contribution in [2.45, 2.75) is 6.18 Å². The van der Waals surface area contributed by atoms with Crippen LogP contribution in [0, 0.1) is 0 Å². The van der Waals surface area contributed by atoms with Crippen LogP contribution in [0.4, 0.5) is 29.3 Å². The maximum absolute atomic E-state index is 12.9. The number of carbonyl (C=O) groups is 1. The summed E-state index contributed by atoms with van der Waals surface area (Å²) >= 11 is 17.9. The fourth-order valence-corrected chi connectivity index (χ4v) is 3.30. The predicted octanol–water partition coefficient (Wildman–Crippen LogP) is 6.02. The van der Waals surface area contributed by atoms with Gasteiger partial charge in [-0.3, -0.25) is 0 Å². The quantitative estimate of drug-likeness (QED) is 0.605. The smallest absolute Gasteiger partial charge is 0.368 e. The molecule has 0 unspecified atom stereocenters. The van der Waals surface area contributed by atoms with Crippen LogP contribution in [-0.4, -0.2) is 37.1 Å². The van der Waals surface area contributed by atoms with E-state index in [9.17, 15) is 18.0 Å². The minimum atomic E-state index is -4.52. The number of hydrogen-bond donors (Lipinski definition) is 1. The second kappa shape index (κ2) is 8.27. The summed E-state index contributed by atoms with van der Waals surface area (Å²) in [5, 5.41) is 3.40. The summed E-state index contributed by atoms with van der Waals surface area (Å²) < 4.78 is 38.6. The van der Waals surface area contributed by atoms with Crippen LogP contribution in [0.5, 0.6) is 0 Å². The average Bonchev–Trinajstić information content (AvgIpc) is 2.65. The molecule has 0 spiro atoms. The number of urea groups is 1. The Hall–Kier alpha value is -1.83. The van der Waals surface area contributed by atoms with Crippen molar-refractivity contribution in [2.24, 2.45) is 0 Å². The van der Waals surface area contributed by atoms with E-state index in [1.807, 2.05) is 11.0 Å². The van der Waals surface area contributed by atoms with Crippen molar-refractivity contribution in [1.29, 1.82) is 0 Å². The molecule has 150 valence electrons. The van der Waals surface area contributed by atoms with E-state index in [0.717, 1.165) is 23.9 Å². The van der Waals surface area contributed by atoms with E-state index in [0.29, 0.717) is 36.2 Å². The number of carbonyl (C=O) groups excluding carboxylic acids is 1. The maximum atomic E-state index is 12.9. The van der Waals surface area contributed by atoms with Gasteiger partial charge >= 0.3 is 12.2 Å². The summed E-state index contributed by atoms with van der Waals surface area (Å²) in [6, 6.07) is 7.60. The number of nitrogens with zero attached hydrogens (tertiary/aromatic N) is 2. The number of nitrogens with one attached hydrogen (secondary N) is 1. The topological polar surface area (TPSA) is 35.6 Å². The van der Waals surface area contributed by atoms with Gasteiger partial charge in [-0.15, -0.1) is 0 Å². The van der Waals surface area contributed by atoms with Gasteiger partial charge in [0.15, 0.2) is 0 Å². The lowest BCUT2D eigenvalue weighted by molar-refractivity contribution is -0.137. The molecule has 0 radical (unpaired) electrons. The molecule has 1 N–H and O–H groups in total. The van der Waals surface area contributed by atoms with Gasteiger partial charge in [0.05, 0.1) is 26.3 Å². The van der Waals surface area contributed by atoms with Crippen molar-refractivity contribution in [3.63, 3.8) is 0 Å². The minimum absolute atomic E-state index is 0.0378. The van der Waals surface area contributed by atoms with E-state index in [2.05, 4.69) is 5.32 Å². The molecular weight excluding hydrogens is 438 g/mol. The van der Waals surface area contributed by atoms with Crippen LogP contribution in [0.2, 0.25) is 15.1 Å². The van der Waals surface area contributed by atoms with Gasteiger partial charge in [-0.25, -0.2) is 4.79 Å². The highest BCUT2D eigenvalue weighted by Crippen LogP contribution is 2.34. The molecule has 1 saturated heterocycles. The summed E-state index contributed by atoms with van der Waals surface area (Å²) in [6.45, 7) is 1.87. The molecule has 1 aliphatic heterocycles. The summed E-state index contributed by atoms with van der Waals surface area (Å²) in [5.41, 5.74) is -0.0691. The Kier molecular flexibility index (Phi) is 6.17. The number of amides is 2. The molecular formula is C18H15Cl3F3N3O. The molecule has 3 rings (SSSR count). The van der Waals surface area contributed by atoms with Crippen molar-refractivity contribution in [3.05, 3.63) is 57.0 Å². The van der Waals surface area contributed by atoms with Crippen molar-refractivity contribution in [1.82, 2.24) is 4.90 Å². The van der Waals surface area contributed by atoms with Crippen LogP contribution >= 0.6 is 34.8 Å². The fourth-order valence-electron chi connectivity index (χ4n) is 2.84. The van der Waals surface area contributed by atoms with Crippen LogP contribution < -0.4 is 10.2 Å². The molecule has 0 aromatic heterocycles. The number of anilines is 2. The van der Waals surface area contributed by atoms with E-state index in [1.54, 1.807) is 12.1 Å². The second-order valence-electron chi connectivity index (χ2n) is 6.20. The van der Waals surface area contributed by atoms with Gasteiger partial charge in [-0.05, 0) is 36.4 Å². The van der Waals surface area contributed by atoms with Gasteiger partial charge in [0.2, 0.25) is 0 Å². The Labute approximate surface area is 174 Å². The zero-order valence-corrected chi connectivity index (χ0v) is 16.6. The first-order chi connectivity index (χ1) is 13.1. The molecule has 0 saturated carbocycles. The number of rotatable bonds is 2. The van der Waals surface area contributed by atoms with Gasteiger partial charge in [-0.2, -0.15) is 13.2 Å². The highest BCUT2D eigenvalue weighted by molar-refractivity contribution is 6.42. The molecule has 1 heterocycles. The summed E-state index contributed by atoms with van der Waals surface area (Å²) in [6.07, 6.45) is -4.52. The first-order valence-electron chi connectivity index (χ1n) is 8.28. The monoisotopic (exact) mass is 451 g/mol. The van der Waals surface area contributed by atoms with Crippen LogP contribution in [0.25, 0.3) is 0 Å². The SMILES string of the molecule is O=C(Nc1cc(C(F)(F)F)ccc1Cl)N1CCN(c2ccc(Cl)c(Cl)c2)CC1. The number of halogens is 6. The highest BCUT2D eigenvalue weighted by Gasteiger charge is 2.31.